The van der Waals surface area contributed by atoms with Gasteiger partial charge in [0.25, 0.3) is 0 Å². The van der Waals surface area contributed by atoms with Crippen LogP contribution in [0, 0.1) is 11.8 Å². The monoisotopic (exact) mass is 432 g/mol. The van der Waals surface area contributed by atoms with Gasteiger partial charge in [-0.25, -0.2) is 0 Å². The lowest BCUT2D eigenvalue weighted by molar-refractivity contribution is -0.162. The minimum absolute atomic E-state index is 0.239. The van der Waals surface area contributed by atoms with E-state index in [1.807, 2.05) is 39.0 Å². The van der Waals surface area contributed by atoms with Crippen LogP contribution < -0.4 is 0 Å². The average molecular weight is 433 g/mol. The normalized spacial score (nSPS) is 38.8. The fourth-order valence-electron chi connectivity index (χ4n) is 5.59. The summed E-state index contributed by atoms with van der Waals surface area (Å²) in [6.07, 6.45) is 7.94. The minimum Gasteiger partial charge on any atom is -0.465 e. The van der Waals surface area contributed by atoms with Crippen molar-refractivity contribution in [3.05, 3.63) is 24.3 Å². The van der Waals surface area contributed by atoms with Crippen molar-refractivity contribution >= 4 is 17.8 Å². The minimum atomic E-state index is -1.31. The van der Waals surface area contributed by atoms with Gasteiger partial charge in [0.05, 0.1) is 30.8 Å². The van der Waals surface area contributed by atoms with Gasteiger partial charge in [-0.3, -0.25) is 14.4 Å². The lowest BCUT2D eigenvalue weighted by Gasteiger charge is -2.42. The number of aliphatic hydroxyl groups is 1. The maximum atomic E-state index is 13.9. The first-order chi connectivity index (χ1) is 14.5. The number of likely N-dealkylation sites (tertiary alicyclic amines) is 1. The van der Waals surface area contributed by atoms with E-state index in [1.54, 1.807) is 24.8 Å². The second-order valence-corrected chi connectivity index (χ2v) is 10.2. The Morgan fingerprint density at radius 2 is 1.87 bits per heavy atom. The zero-order valence-corrected chi connectivity index (χ0v) is 18.8. The van der Waals surface area contributed by atoms with Crippen LogP contribution in [0.4, 0.5) is 0 Å². The molecule has 0 aromatic heterocycles. The van der Waals surface area contributed by atoms with Gasteiger partial charge in [-0.15, -0.1) is 0 Å². The number of amides is 2. The molecule has 6 atom stereocenters. The molecule has 1 N–H and O–H groups in total. The van der Waals surface area contributed by atoms with Gasteiger partial charge >= 0.3 is 5.97 Å². The highest BCUT2D eigenvalue weighted by molar-refractivity contribution is 5.99. The first-order valence-electron chi connectivity index (χ1n) is 10.9. The molecule has 8 nitrogen and oxygen atoms in total. The van der Waals surface area contributed by atoms with Crippen LogP contribution in [-0.4, -0.2) is 81.3 Å². The van der Waals surface area contributed by atoms with Crippen molar-refractivity contribution in [1.29, 1.82) is 0 Å². The van der Waals surface area contributed by atoms with Crippen LogP contribution in [0.5, 0.6) is 0 Å². The molecule has 4 aliphatic rings. The summed E-state index contributed by atoms with van der Waals surface area (Å²) >= 11 is 0. The number of hydrogen-bond donors (Lipinski definition) is 1. The predicted molar refractivity (Wildman–Crippen MR) is 112 cm³/mol. The Morgan fingerprint density at radius 3 is 2.52 bits per heavy atom. The van der Waals surface area contributed by atoms with Gasteiger partial charge in [-0.05, 0) is 41.0 Å². The van der Waals surface area contributed by atoms with Crippen molar-refractivity contribution in [2.24, 2.45) is 11.8 Å². The molecule has 0 bridgehead atoms. The number of nitrogens with zero attached hydrogens (tertiary/aromatic N) is 2. The van der Waals surface area contributed by atoms with E-state index in [-0.39, 0.29) is 25.0 Å². The number of hydrogen-bond acceptors (Lipinski definition) is 6. The molecule has 31 heavy (non-hydrogen) atoms. The lowest BCUT2D eigenvalue weighted by Crippen LogP contribution is -2.60. The van der Waals surface area contributed by atoms with Gasteiger partial charge in [-0.2, -0.15) is 0 Å². The molecule has 2 amide bonds. The van der Waals surface area contributed by atoms with E-state index < -0.39 is 46.6 Å². The Labute approximate surface area is 182 Å². The molecule has 0 saturated carbocycles. The molecule has 0 radical (unpaired) electrons. The number of cyclic esters (lactones) is 1. The van der Waals surface area contributed by atoms with E-state index in [1.165, 1.54) is 4.90 Å². The highest BCUT2D eigenvalue weighted by atomic mass is 16.6. The Morgan fingerprint density at radius 1 is 1.16 bits per heavy atom. The summed E-state index contributed by atoms with van der Waals surface area (Å²) in [6.45, 7) is 9.61. The van der Waals surface area contributed by atoms with Crippen LogP contribution in [0.2, 0.25) is 0 Å². The van der Waals surface area contributed by atoms with Crippen LogP contribution in [-0.2, 0) is 23.9 Å². The Hall–Kier alpha value is -2.19. The van der Waals surface area contributed by atoms with Crippen molar-refractivity contribution in [2.75, 3.05) is 19.8 Å². The smallest absolute Gasteiger partial charge is 0.313 e. The van der Waals surface area contributed by atoms with E-state index >= 15 is 0 Å². The summed E-state index contributed by atoms with van der Waals surface area (Å²) in [5.74, 6) is -2.89. The summed E-state index contributed by atoms with van der Waals surface area (Å²) in [7, 11) is 0. The van der Waals surface area contributed by atoms with Crippen molar-refractivity contribution in [2.45, 2.75) is 69.9 Å². The number of esters is 1. The fraction of sp³-hybridized carbons (Fsp3) is 0.696. The maximum absolute atomic E-state index is 13.9. The van der Waals surface area contributed by atoms with Crippen LogP contribution in [0.25, 0.3) is 0 Å². The molecule has 0 aliphatic carbocycles. The third kappa shape index (κ3) is 3.06. The number of ether oxygens (including phenoxy) is 2. The maximum Gasteiger partial charge on any atom is 0.313 e. The number of fused-ring (bicyclic) bond motifs is 2. The zero-order chi connectivity index (χ0) is 22.8. The topological polar surface area (TPSA) is 96.4 Å². The summed E-state index contributed by atoms with van der Waals surface area (Å²) < 4.78 is 12.1. The molecule has 4 aliphatic heterocycles. The molecule has 0 aromatic rings. The lowest BCUT2D eigenvalue weighted by atomic mass is 9.74. The second kappa shape index (κ2) is 7.17. The molecule has 2 fully saturated rings. The Kier molecular flexibility index (Phi) is 5.09. The van der Waals surface area contributed by atoms with Gasteiger partial charge in [0, 0.05) is 12.1 Å². The first-order valence-corrected chi connectivity index (χ1v) is 10.9. The van der Waals surface area contributed by atoms with E-state index in [9.17, 15) is 19.5 Å². The predicted octanol–water partition coefficient (Wildman–Crippen LogP) is 1.04. The molecule has 4 heterocycles. The summed E-state index contributed by atoms with van der Waals surface area (Å²) in [5.41, 5.74) is -2.87. The van der Waals surface area contributed by atoms with Crippen molar-refractivity contribution < 1.29 is 29.0 Å². The first kappa shape index (κ1) is 22.0. The highest BCUT2D eigenvalue weighted by Gasteiger charge is 2.75. The average Bonchev–Trinajstić information content (AvgIpc) is 3.00. The number of aliphatic hydroxyl groups excluding tert-OH is 1. The molecular formula is C23H32N2O6. The van der Waals surface area contributed by atoms with E-state index in [4.69, 9.17) is 9.47 Å². The third-order valence-corrected chi connectivity index (χ3v) is 7.01. The van der Waals surface area contributed by atoms with E-state index in [0.29, 0.717) is 13.0 Å². The Balaban J connectivity index is 1.92. The second-order valence-electron chi connectivity index (χ2n) is 10.2. The zero-order valence-electron chi connectivity index (χ0n) is 18.8. The largest absolute Gasteiger partial charge is 0.465 e. The van der Waals surface area contributed by atoms with Crippen molar-refractivity contribution in [1.82, 2.24) is 9.80 Å². The molecule has 1 unspecified atom stereocenters. The number of rotatable bonds is 2. The van der Waals surface area contributed by atoms with Crippen LogP contribution >= 0.6 is 0 Å². The van der Waals surface area contributed by atoms with Gasteiger partial charge < -0.3 is 24.4 Å². The van der Waals surface area contributed by atoms with E-state index in [0.717, 1.165) is 0 Å². The summed E-state index contributed by atoms with van der Waals surface area (Å²) in [6, 6.07) is -1.58. The number of carbonyl (C=O) groups is 3. The number of carbonyl (C=O) groups excluding carboxylic acids is 3. The van der Waals surface area contributed by atoms with Crippen molar-refractivity contribution in [3.8, 4) is 0 Å². The SMILES string of the molecule is C[C@H](CO)N1C(=O)[C@@H]2[C@H]3C(=O)OCCC=C[C@@]3(C)O[C@@]23C=CCN(C(C)(C)C)C(=O)C13. The molecule has 2 saturated heterocycles. The quantitative estimate of drug-likeness (QED) is 0.517. The van der Waals surface area contributed by atoms with Crippen LogP contribution in [0.15, 0.2) is 24.3 Å². The fourth-order valence-corrected chi connectivity index (χ4v) is 5.59. The molecule has 0 aromatic carbocycles. The molecule has 1 spiro atoms. The van der Waals surface area contributed by atoms with Gasteiger partial charge in [0.15, 0.2) is 0 Å². The Bertz CT molecular complexity index is 861. The molecule has 170 valence electrons. The molecular weight excluding hydrogens is 400 g/mol. The van der Waals surface area contributed by atoms with Crippen LogP contribution in [0.1, 0.15) is 41.0 Å². The molecule has 8 heteroatoms. The third-order valence-electron chi connectivity index (χ3n) is 7.01. The summed E-state index contributed by atoms with van der Waals surface area (Å²) in [5, 5.41) is 9.88. The van der Waals surface area contributed by atoms with Crippen LogP contribution in [0.3, 0.4) is 0 Å². The standard InChI is InChI=1S/C23H32N2O6/c1-14(13-26)25-17-19(28)24(21(2,3)4)11-8-10-23(17)15(18(25)27)16-20(29)30-12-7-6-9-22(16,5)31-23/h6,8-10,14-17,26H,7,11-13H2,1-5H3/t14-,15+,16+,17?,22-,23+/m1/s1. The molecule has 4 rings (SSSR count). The summed E-state index contributed by atoms with van der Waals surface area (Å²) in [4.78, 5) is 43.9. The van der Waals surface area contributed by atoms with Gasteiger partial charge in [0.1, 0.15) is 17.6 Å². The van der Waals surface area contributed by atoms with Gasteiger partial charge in [0.2, 0.25) is 11.8 Å². The van der Waals surface area contributed by atoms with E-state index in [2.05, 4.69) is 0 Å². The van der Waals surface area contributed by atoms with Gasteiger partial charge in [-0.1, -0.05) is 24.3 Å². The van der Waals surface area contributed by atoms with Crippen molar-refractivity contribution in [3.63, 3.8) is 0 Å². The highest BCUT2D eigenvalue weighted by Crippen LogP contribution is 2.57.